The van der Waals surface area contributed by atoms with E-state index in [9.17, 15) is 19.3 Å². The Bertz CT molecular complexity index is 895. The Balaban J connectivity index is 1.69. The number of urea groups is 1. The molecule has 9 heteroatoms. The number of hydrogen-bond acceptors (Lipinski definition) is 5. The largest absolute Gasteiger partial charge is 0.325 e. The van der Waals surface area contributed by atoms with Crippen molar-refractivity contribution in [3.63, 3.8) is 0 Å². The molecule has 2 amide bonds. The summed E-state index contributed by atoms with van der Waals surface area (Å²) < 4.78 is 13.7. The standard InChI is InChI=1S/C14H9FN4O3S/c15-8-1-6-11-12(7-8)23-14(17-11)18-13(20)16-9-2-4-10(5-3-9)19(21)22/h1-7H,(H2,16,17,18,20). The van der Waals surface area contributed by atoms with Gasteiger partial charge in [-0.1, -0.05) is 11.3 Å². The fourth-order valence-corrected chi connectivity index (χ4v) is 2.76. The molecule has 23 heavy (non-hydrogen) atoms. The number of halogens is 1. The number of nitro benzene ring substituents is 1. The molecule has 0 saturated carbocycles. The molecular weight excluding hydrogens is 323 g/mol. The fourth-order valence-electron chi connectivity index (χ4n) is 1.88. The van der Waals surface area contributed by atoms with Crippen LogP contribution in [0.1, 0.15) is 0 Å². The average Bonchev–Trinajstić information content (AvgIpc) is 2.88. The molecule has 0 aliphatic carbocycles. The Morgan fingerprint density at radius 3 is 2.61 bits per heavy atom. The molecule has 3 rings (SSSR count). The number of rotatable bonds is 3. The van der Waals surface area contributed by atoms with Crippen molar-refractivity contribution in [3.8, 4) is 0 Å². The number of non-ortho nitro benzene ring substituents is 1. The van der Waals surface area contributed by atoms with Crippen LogP contribution in [0.15, 0.2) is 42.5 Å². The minimum Gasteiger partial charge on any atom is -0.308 e. The van der Waals surface area contributed by atoms with Gasteiger partial charge in [0, 0.05) is 17.8 Å². The van der Waals surface area contributed by atoms with Gasteiger partial charge in [0.15, 0.2) is 5.13 Å². The summed E-state index contributed by atoms with van der Waals surface area (Å²) in [5.74, 6) is -0.372. The SMILES string of the molecule is O=C(Nc1ccc([N+](=O)[O-])cc1)Nc1nc2ccc(F)cc2s1. The van der Waals surface area contributed by atoms with Gasteiger partial charge in [-0.05, 0) is 30.3 Å². The van der Waals surface area contributed by atoms with E-state index < -0.39 is 11.0 Å². The van der Waals surface area contributed by atoms with E-state index in [1.165, 1.54) is 42.5 Å². The topological polar surface area (TPSA) is 97.2 Å². The van der Waals surface area contributed by atoms with Crippen molar-refractivity contribution in [3.05, 3.63) is 58.4 Å². The Labute approximate surface area is 132 Å². The van der Waals surface area contributed by atoms with E-state index in [0.717, 1.165) is 11.3 Å². The second-order valence-electron chi connectivity index (χ2n) is 4.51. The maximum atomic E-state index is 13.1. The molecule has 0 atom stereocenters. The van der Waals surface area contributed by atoms with E-state index in [-0.39, 0.29) is 11.5 Å². The zero-order valence-electron chi connectivity index (χ0n) is 11.4. The number of amides is 2. The number of carbonyl (C=O) groups is 1. The quantitative estimate of drug-likeness (QED) is 0.560. The lowest BCUT2D eigenvalue weighted by Crippen LogP contribution is -2.19. The highest BCUT2D eigenvalue weighted by Crippen LogP contribution is 2.26. The number of benzene rings is 2. The number of nitrogens with zero attached hydrogens (tertiary/aromatic N) is 2. The Morgan fingerprint density at radius 1 is 1.17 bits per heavy atom. The van der Waals surface area contributed by atoms with E-state index >= 15 is 0 Å². The van der Waals surface area contributed by atoms with Crippen LogP contribution in [0.25, 0.3) is 10.2 Å². The van der Waals surface area contributed by atoms with E-state index in [1.54, 1.807) is 0 Å². The van der Waals surface area contributed by atoms with Gasteiger partial charge in [-0.2, -0.15) is 0 Å². The van der Waals surface area contributed by atoms with E-state index in [0.29, 0.717) is 21.0 Å². The minimum atomic E-state index is -0.543. The molecule has 1 heterocycles. The first kappa shape index (κ1) is 14.9. The van der Waals surface area contributed by atoms with Gasteiger partial charge in [-0.15, -0.1) is 0 Å². The van der Waals surface area contributed by atoms with E-state index in [2.05, 4.69) is 15.6 Å². The van der Waals surface area contributed by atoms with Crippen LogP contribution >= 0.6 is 11.3 Å². The van der Waals surface area contributed by atoms with Gasteiger partial charge in [0.25, 0.3) is 5.69 Å². The second-order valence-corrected chi connectivity index (χ2v) is 5.54. The summed E-state index contributed by atoms with van der Waals surface area (Å²) >= 11 is 1.14. The van der Waals surface area contributed by atoms with Crippen molar-refractivity contribution in [2.75, 3.05) is 10.6 Å². The molecular formula is C14H9FN4O3S. The number of thiazole rings is 1. The maximum Gasteiger partial charge on any atom is 0.325 e. The second kappa shape index (κ2) is 5.97. The first-order chi connectivity index (χ1) is 11.0. The van der Waals surface area contributed by atoms with Crippen molar-refractivity contribution >= 4 is 44.1 Å². The third-order valence-electron chi connectivity index (χ3n) is 2.91. The van der Waals surface area contributed by atoms with Crippen LogP contribution in [-0.2, 0) is 0 Å². The lowest BCUT2D eigenvalue weighted by atomic mass is 10.3. The van der Waals surface area contributed by atoms with Crippen molar-refractivity contribution in [2.24, 2.45) is 0 Å². The zero-order chi connectivity index (χ0) is 16.4. The van der Waals surface area contributed by atoms with Crippen LogP contribution < -0.4 is 10.6 Å². The lowest BCUT2D eigenvalue weighted by molar-refractivity contribution is -0.384. The molecule has 3 aromatic rings. The third kappa shape index (κ3) is 3.40. The van der Waals surface area contributed by atoms with Crippen molar-refractivity contribution in [2.45, 2.75) is 0 Å². The first-order valence-electron chi connectivity index (χ1n) is 6.40. The molecule has 2 N–H and O–H groups in total. The fraction of sp³-hybridized carbons (Fsp3) is 0. The van der Waals surface area contributed by atoms with Gasteiger partial charge < -0.3 is 5.32 Å². The molecule has 0 aliphatic rings. The Morgan fingerprint density at radius 2 is 1.91 bits per heavy atom. The van der Waals surface area contributed by atoms with Crippen LogP contribution in [0.3, 0.4) is 0 Å². The molecule has 116 valence electrons. The number of anilines is 2. The number of aromatic nitrogens is 1. The highest BCUT2D eigenvalue weighted by molar-refractivity contribution is 7.22. The van der Waals surface area contributed by atoms with E-state index in [1.807, 2.05) is 0 Å². The van der Waals surface area contributed by atoms with Gasteiger partial charge in [0.2, 0.25) is 0 Å². The van der Waals surface area contributed by atoms with Crippen molar-refractivity contribution in [1.82, 2.24) is 4.98 Å². The maximum absolute atomic E-state index is 13.1. The molecule has 0 bridgehead atoms. The summed E-state index contributed by atoms with van der Waals surface area (Å²) in [6.07, 6.45) is 0. The molecule has 0 radical (unpaired) electrons. The predicted molar refractivity (Wildman–Crippen MR) is 85.3 cm³/mol. The zero-order valence-corrected chi connectivity index (χ0v) is 12.3. The highest BCUT2D eigenvalue weighted by atomic mass is 32.1. The van der Waals surface area contributed by atoms with Gasteiger partial charge in [-0.3, -0.25) is 15.4 Å². The summed E-state index contributed by atoms with van der Waals surface area (Å²) in [6, 6.07) is 9.04. The predicted octanol–water partition coefficient (Wildman–Crippen LogP) is 3.99. The van der Waals surface area contributed by atoms with Crippen LogP contribution in [-0.4, -0.2) is 15.9 Å². The molecule has 0 fully saturated rings. The number of nitro groups is 1. The molecule has 0 saturated heterocycles. The summed E-state index contributed by atoms with van der Waals surface area (Å²) in [6.45, 7) is 0. The summed E-state index contributed by atoms with van der Waals surface area (Å²) in [4.78, 5) is 26.1. The van der Waals surface area contributed by atoms with Crippen LogP contribution in [0.5, 0.6) is 0 Å². The Kier molecular flexibility index (Phi) is 3.85. The van der Waals surface area contributed by atoms with Gasteiger partial charge in [0.05, 0.1) is 15.1 Å². The van der Waals surface area contributed by atoms with Crippen molar-refractivity contribution in [1.29, 1.82) is 0 Å². The smallest absolute Gasteiger partial charge is 0.308 e. The highest BCUT2D eigenvalue weighted by Gasteiger charge is 2.10. The van der Waals surface area contributed by atoms with Crippen molar-refractivity contribution < 1.29 is 14.1 Å². The third-order valence-corrected chi connectivity index (χ3v) is 3.84. The molecule has 0 unspecified atom stereocenters. The number of carbonyl (C=O) groups excluding carboxylic acids is 1. The molecule has 2 aromatic carbocycles. The van der Waals surface area contributed by atoms with Crippen LogP contribution in [0, 0.1) is 15.9 Å². The Hall–Kier alpha value is -3.07. The molecule has 7 nitrogen and oxygen atoms in total. The van der Waals surface area contributed by atoms with E-state index in [4.69, 9.17) is 0 Å². The molecule has 1 aromatic heterocycles. The molecule has 0 aliphatic heterocycles. The summed E-state index contributed by atoms with van der Waals surface area (Å²) in [5, 5.41) is 16.0. The number of hydrogen-bond donors (Lipinski definition) is 2. The minimum absolute atomic E-state index is 0.0656. The summed E-state index contributed by atoms with van der Waals surface area (Å²) in [7, 11) is 0. The average molecular weight is 332 g/mol. The monoisotopic (exact) mass is 332 g/mol. The number of fused-ring (bicyclic) bond motifs is 1. The summed E-state index contributed by atoms with van der Waals surface area (Å²) in [5.41, 5.74) is 0.923. The molecule has 0 spiro atoms. The van der Waals surface area contributed by atoms with Crippen LogP contribution in [0.4, 0.5) is 25.7 Å². The van der Waals surface area contributed by atoms with Gasteiger partial charge in [-0.25, -0.2) is 14.2 Å². The van der Waals surface area contributed by atoms with Gasteiger partial charge in [0.1, 0.15) is 5.82 Å². The normalized spacial score (nSPS) is 10.5. The van der Waals surface area contributed by atoms with Crippen LogP contribution in [0.2, 0.25) is 0 Å². The number of nitrogens with one attached hydrogen (secondary N) is 2. The lowest BCUT2D eigenvalue weighted by Gasteiger charge is -2.04. The first-order valence-corrected chi connectivity index (χ1v) is 7.21. The van der Waals surface area contributed by atoms with Gasteiger partial charge >= 0.3 is 6.03 Å².